The zero-order chi connectivity index (χ0) is 12.6. The van der Waals surface area contributed by atoms with Gasteiger partial charge in [-0.2, -0.15) is 0 Å². The van der Waals surface area contributed by atoms with Gasteiger partial charge in [-0.15, -0.1) is 17.5 Å². The third-order valence-corrected chi connectivity index (χ3v) is 2.95. The average molecular weight is 277 g/mol. The molecule has 0 unspecified atom stereocenters. The summed E-state index contributed by atoms with van der Waals surface area (Å²) in [6, 6.07) is -0.640. The number of aliphatic carboxylic acids is 1. The number of carbonyl (C=O) groups is 1. The molecule has 0 saturated carbocycles. The zero-order valence-corrected chi connectivity index (χ0v) is 11.0. The summed E-state index contributed by atoms with van der Waals surface area (Å²) in [6.45, 7) is 3.82. The van der Waals surface area contributed by atoms with Crippen LogP contribution in [-0.4, -0.2) is 43.8 Å². The number of aliphatic hydroxyl groups is 1. The maximum Gasteiger partial charge on any atom is 0.320 e. The molecule has 1 aromatic heterocycles. The molecule has 0 aliphatic carbocycles. The van der Waals surface area contributed by atoms with E-state index in [9.17, 15) is 9.90 Å². The summed E-state index contributed by atoms with van der Waals surface area (Å²) in [4.78, 5) is 10.8. The second-order valence-electron chi connectivity index (χ2n) is 4.81. The Balaban J connectivity index is 0.00000162. The summed E-state index contributed by atoms with van der Waals surface area (Å²) in [5.74, 6) is -0.863. The van der Waals surface area contributed by atoms with Gasteiger partial charge in [0.1, 0.15) is 11.6 Å². The quantitative estimate of drug-likeness (QED) is 0.714. The van der Waals surface area contributed by atoms with Crippen molar-refractivity contribution in [3.05, 3.63) is 11.9 Å². The number of nitrogens with zero attached hydrogens (tertiary/aromatic N) is 3. The molecule has 2 heterocycles. The van der Waals surface area contributed by atoms with Gasteiger partial charge in [0, 0.05) is 6.54 Å². The number of aromatic nitrogens is 3. The van der Waals surface area contributed by atoms with Crippen LogP contribution in [0.5, 0.6) is 0 Å². The van der Waals surface area contributed by atoms with Crippen molar-refractivity contribution in [2.24, 2.45) is 0 Å². The van der Waals surface area contributed by atoms with Gasteiger partial charge in [0.15, 0.2) is 0 Å². The van der Waals surface area contributed by atoms with Gasteiger partial charge in [-0.05, 0) is 20.3 Å². The number of rotatable bonds is 3. The van der Waals surface area contributed by atoms with E-state index in [0.717, 1.165) is 0 Å². The second-order valence-corrected chi connectivity index (χ2v) is 4.81. The van der Waals surface area contributed by atoms with Crippen LogP contribution in [0.25, 0.3) is 0 Å². The minimum Gasteiger partial charge on any atom is -0.480 e. The van der Waals surface area contributed by atoms with Crippen molar-refractivity contribution in [1.82, 2.24) is 20.3 Å². The van der Waals surface area contributed by atoms with Crippen LogP contribution in [0.4, 0.5) is 0 Å². The van der Waals surface area contributed by atoms with Crippen molar-refractivity contribution in [1.29, 1.82) is 0 Å². The van der Waals surface area contributed by atoms with E-state index in [1.165, 1.54) is 6.20 Å². The monoisotopic (exact) mass is 276 g/mol. The van der Waals surface area contributed by atoms with Crippen LogP contribution in [0.15, 0.2) is 6.20 Å². The number of hydrogen-bond donors (Lipinski definition) is 3. The van der Waals surface area contributed by atoms with Crippen LogP contribution in [0.3, 0.4) is 0 Å². The number of carboxylic acids is 1. The van der Waals surface area contributed by atoms with E-state index < -0.39 is 17.6 Å². The molecule has 1 fully saturated rings. The lowest BCUT2D eigenvalue weighted by Gasteiger charge is -2.21. The van der Waals surface area contributed by atoms with E-state index in [-0.39, 0.29) is 18.4 Å². The third kappa shape index (κ3) is 2.80. The average Bonchev–Trinajstić information content (AvgIpc) is 2.85. The highest BCUT2D eigenvalue weighted by Crippen LogP contribution is 2.25. The smallest absolute Gasteiger partial charge is 0.320 e. The van der Waals surface area contributed by atoms with Crippen molar-refractivity contribution in [3.8, 4) is 0 Å². The van der Waals surface area contributed by atoms with Crippen molar-refractivity contribution in [3.63, 3.8) is 0 Å². The Morgan fingerprint density at radius 3 is 2.78 bits per heavy atom. The van der Waals surface area contributed by atoms with E-state index in [1.807, 2.05) is 0 Å². The van der Waals surface area contributed by atoms with Crippen LogP contribution < -0.4 is 5.32 Å². The Morgan fingerprint density at radius 2 is 2.28 bits per heavy atom. The Bertz CT molecular complexity index is 429. The summed E-state index contributed by atoms with van der Waals surface area (Å²) in [5, 5.41) is 29.5. The first kappa shape index (κ1) is 14.9. The van der Waals surface area contributed by atoms with Gasteiger partial charge in [-0.3, -0.25) is 4.79 Å². The van der Waals surface area contributed by atoms with Gasteiger partial charge in [-0.1, -0.05) is 5.21 Å². The highest BCUT2D eigenvalue weighted by Gasteiger charge is 2.34. The normalized spacial score (nSPS) is 23.7. The molecule has 0 aromatic carbocycles. The molecule has 1 aliphatic heterocycles. The van der Waals surface area contributed by atoms with Crippen LogP contribution in [0, 0.1) is 0 Å². The van der Waals surface area contributed by atoms with Gasteiger partial charge in [0.25, 0.3) is 0 Å². The van der Waals surface area contributed by atoms with E-state index >= 15 is 0 Å². The molecule has 1 aliphatic rings. The van der Waals surface area contributed by atoms with Crippen LogP contribution in [0.2, 0.25) is 0 Å². The molecule has 0 bridgehead atoms. The number of carboxylic acid groups (broad SMARTS) is 1. The minimum absolute atomic E-state index is 0. The van der Waals surface area contributed by atoms with Gasteiger partial charge in [-0.25, -0.2) is 4.68 Å². The molecule has 18 heavy (non-hydrogen) atoms. The molecule has 7 nitrogen and oxygen atoms in total. The van der Waals surface area contributed by atoms with Gasteiger partial charge in [0.05, 0.1) is 17.9 Å². The molecular formula is C10H17ClN4O3. The molecule has 0 radical (unpaired) electrons. The number of hydrogen-bond acceptors (Lipinski definition) is 5. The summed E-state index contributed by atoms with van der Waals surface area (Å²) >= 11 is 0. The van der Waals surface area contributed by atoms with Crippen molar-refractivity contribution in [2.75, 3.05) is 6.54 Å². The summed E-state index contributed by atoms with van der Waals surface area (Å²) in [7, 11) is 0. The fourth-order valence-electron chi connectivity index (χ4n) is 2.04. The fourth-order valence-corrected chi connectivity index (χ4v) is 2.04. The Morgan fingerprint density at radius 1 is 1.61 bits per heavy atom. The topological polar surface area (TPSA) is 100 Å². The molecule has 1 aromatic rings. The Hall–Kier alpha value is -1.18. The molecule has 1 saturated heterocycles. The van der Waals surface area contributed by atoms with Crippen LogP contribution in [-0.2, 0) is 10.4 Å². The fraction of sp³-hybridized carbons (Fsp3) is 0.700. The van der Waals surface area contributed by atoms with Gasteiger partial charge < -0.3 is 15.5 Å². The van der Waals surface area contributed by atoms with Crippen LogP contribution in [0.1, 0.15) is 32.0 Å². The zero-order valence-electron chi connectivity index (χ0n) is 10.2. The summed E-state index contributed by atoms with van der Waals surface area (Å²) < 4.78 is 1.61. The Labute approximate surface area is 111 Å². The first-order valence-electron chi connectivity index (χ1n) is 5.49. The number of nitrogens with one attached hydrogen (secondary N) is 1. The van der Waals surface area contributed by atoms with Crippen molar-refractivity contribution in [2.45, 2.75) is 38.0 Å². The van der Waals surface area contributed by atoms with Gasteiger partial charge >= 0.3 is 5.97 Å². The molecule has 0 spiro atoms. The van der Waals surface area contributed by atoms with E-state index in [2.05, 4.69) is 15.6 Å². The SMILES string of the molecule is CC(C)(O)c1cnnn1[C@@H]1CN[C@H](C(=O)O)C1.Cl. The van der Waals surface area contributed by atoms with Gasteiger partial charge in [0.2, 0.25) is 0 Å². The molecule has 102 valence electrons. The van der Waals surface area contributed by atoms with Crippen LogP contribution >= 0.6 is 12.4 Å². The predicted octanol–water partition coefficient (Wildman–Crippen LogP) is -0.0851. The second kappa shape index (κ2) is 5.21. The highest BCUT2D eigenvalue weighted by atomic mass is 35.5. The molecule has 2 rings (SSSR count). The molecule has 0 amide bonds. The molecular weight excluding hydrogens is 260 g/mol. The lowest BCUT2D eigenvalue weighted by atomic mass is 10.1. The third-order valence-electron chi connectivity index (χ3n) is 2.95. The van der Waals surface area contributed by atoms with Crippen molar-refractivity contribution < 1.29 is 15.0 Å². The van der Waals surface area contributed by atoms with E-state index in [0.29, 0.717) is 18.7 Å². The first-order valence-corrected chi connectivity index (χ1v) is 5.49. The first-order chi connectivity index (χ1) is 7.89. The summed E-state index contributed by atoms with van der Waals surface area (Å²) in [6.07, 6.45) is 1.95. The van der Waals surface area contributed by atoms with E-state index in [4.69, 9.17) is 5.11 Å². The minimum atomic E-state index is -1.04. The van der Waals surface area contributed by atoms with E-state index in [1.54, 1.807) is 18.5 Å². The lowest BCUT2D eigenvalue weighted by Crippen LogP contribution is -2.30. The standard InChI is InChI=1S/C10H16N4O3.ClH/c1-10(2,17)8-5-12-13-14(8)6-3-7(9(15)16)11-4-6;/h5-7,11,17H,3-4H2,1-2H3,(H,15,16);1H/t6-,7-;/m0./s1. The highest BCUT2D eigenvalue weighted by molar-refractivity contribution is 5.85. The molecule has 2 atom stereocenters. The Kier molecular flexibility index (Phi) is 4.31. The van der Waals surface area contributed by atoms with Crippen molar-refractivity contribution >= 4 is 18.4 Å². The molecule has 8 heteroatoms. The largest absolute Gasteiger partial charge is 0.480 e. The maximum absolute atomic E-state index is 10.8. The predicted molar refractivity (Wildman–Crippen MR) is 65.6 cm³/mol. The lowest BCUT2D eigenvalue weighted by molar-refractivity contribution is -0.139. The summed E-state index contributed by atoms with van der Waals surface area (Å²) in [5.41, 5.74) is -0.444. The number of halogens is 1. The molecule has 3 N–H and O–H groups in total. The maximum atomic E-state index is 10.8.